The molecule has 11 atom stereocenters. The largest absolute Gasteiger partial charge is 0.488 e. The lowest BCUT2D eigenvalue weighted by atomic mass is 9.80. The second-order valence-electron chi connectivity index (χ2n) is 36.5. The van der Waals surface area contributed by atoms with Crippen LogP contribution in [0, 0.1) is 35.5 Å². The van der Waals surface area contributed by atoms with Gasteiger partial charge in [-0.05, 0) is 205 Å². The standard InChI is InChI=1S/C101H140N4O17S3/c1-20-68(3)92(89(110)60-75(70(5)106)52-56-123-19)104-94(113)76(57-72-35-26-22-27-36-72)61-87(108)85(59-74-46-50-83(51-47-74)122-100(16,17)18)103-95(114)78(65-119-101(79-37-28-23-29-38-79,80-39-30-24-31-40-80)81-41-32-25-33-42-81)63-90(111)93(71(6)120-98(10,11)12)105-96(115)77(64-118-97(7,8)9)62-88(109)84(58-73-44-48-82(49-45-73)121-99(13,14)15)102-91(112)66-117-55-54-116-53-34-43-86(107)69(4)67-125-124-21-2/h22-33,35-42,44-51,68-69,71,75-78,84-85,92-93H,20-21,34,43,52-67H2,1-19H3,(H,102,112)(H,103,114)(H,104,113)(H,105,115)/t68?,69-,71?,75+,76+,77-,78-,84-,85-,92-,93-/m0/s1. The fourth-order valence-electron chi connectivity index (χ4n) is 14.5. The average molecular weight is 1780 g/mol. The molecule has 0 bridgehead atoms. The van der Waals surface area contributed by atoms with Gasteiger partial charge in [-0.1, -0.05) is 201 Å². The fraction of sp³-hybridized carbons (Fsp3) is 0.545. The van der Waals surface area contributed by atoms with Crippen molar-refractivity contribution < 1.29 is 81.1 Å². The first-order chi connectivity index (χ1) is 59.1. The lowest BCUT2D eigenvalue weighted by molar-refractivity contribution is -0.144. The van der Waals surface area contributed by atoms with Gasteiger partial charge in [0.1, 0.15) is 52.5 Å². The first-order valence-electron chi connectivity index (χ1n) is 44.1. The number of carbonyl (C=O) groups is 10. The summed E-state index contributed by atoms with van der Waals surface area (Å²) in [7, 11) is 3.42. The smallest absolute Gasteiger partial charge is 0.246 e. The molecule has 0 saturated heterocycles. The lowest BCUT2D eigenvalue weighted by Gasteiger charge is -2.37. The van der Waals surface area contributed by atoms with Crippen molar-refractivity contribution >= 4 is 91.7 Å². The zero-order valence-electron chi connectivity index (χ0n) is 77.3. The first-order valence-corrected chi connectivity index (χ1v) is 47.9. The molecule has 2 unspecified atom stereocenters. The Labute approximate surface area is 756 Å². The van der Waals surface area contributed by atoms with E-state index in [1.54, 1.807) is 130 Å². The van der Waals surface area contributed by atoms with Crippen molar-refractivity contribution in [3.63, 3.8) is 0 Å². The maximum absolute atomic E-state index is 16.5. The van der Waals surface area contributed by atoms with Gasteiger partial charge in [0.05, 0.1) is 73.7 Å². The van der Waals surface area contributed by atoms with Crippen molar-refractivity contribution in [3.8, 4) is 11.5 Å². The van der Waals surface area contributed by atoms with E-state index in [0.717, 1.165) is 17.1 Å². The minimum Gasteiger partial charge on any atom is -0.488 e. The number of nitrogens with one attached hydrogen (secondary N) is 4. The zero-order chi connectivity index (χ0) is 92.1. The van der Waals surface area contributed by atoms with Crippen molar-refractivity contribution in [1.29, 1.82) is 0 Å². The Hall–Kier alpha value is -8.33. The molecule has 684 valence electrons. The quantitative estimate of drug-likeness (QED) is 0.0157. The average Bonchev–Trinajstić information content (AvgIpc) is 0.754. The number of benzene rings is 6. The number of thioether (sulfide) groups is 1. The molecular formula is C101H140N4O17S3. The Bertz CT molecular complexity index is 4220. The van der Waals surface area contributed by atoms with E-state index in [1.165, 1.54) is 6.92 Å². The van der Waals surface area contributed by atoms with Gasteiger partial charge in [0.15, 0.2) is 23.1 Å². The zero-order valence-corrected chi connectivity index (χ0v) is 79.8. The van der Waals surface area contributed by atoms with Gasteiger partial charge in [-0.15, -0.1) is 0 Å². The predicted molar refractivity (Wildman–Crippen MR) is 501 cm³/mol. The summed E-state index contributed by atoms with van der Waals surface area (Å²) >= 11 is 1.58. The van der Waals surface area contributed by atoms with Crippen molar-refractivity contribution in [2.75, 3.05) is 63.2 Å². The molecule has 0 aromatic heterocycles. The highest BCUT2D eigenvalue weighted by molar-refractivity contribution is 8.76. The molecule has 125 heavy (non-hydrogen) atoms. The third-order valence-corrected chi connectivity index (χ3v) is 24.4. The van der Waals surface area contributed by atoms with E-state index >= 15 is 28.8 Å². The molecule has 6 aromatic carbocycles. The van der Waals surface area contributed by atoms with E-state index in [9.17, 15) is 19.2 Å². The SMILES string of the molecule is CCSSC[C@H](C)C(=O)CCCOCCOCC(=O)N[C@@H](Cc1ccc(OC(C)(C)C)cc1)C(=O)C[C@@H](COC(C)(C)C)C(=O)N[C@H](C(=O)C[C@@H](COC(c1ccccc1)(c1ccccc1)c1ccccc1)C(=O)N[C@@H](Cc1ccc(OC(C)(C)C)cc1)C(=O)C[C@@H](Cc1ccccc1)C(=O)N[C@H](C(=O)C[C@@H](CCSC)C(C)=O)C(C)CC)C(C)OC(C)(C)C. The summed E-state index contributed by atoms with van der Waals surface area (Å²) in [5.41, 5.74) is -0.293. The summed E-state index contributed by atoms with van der Waals surface area (Å²) in [6.45, 7) is 32.5. The molecule has 0 heterocycles. The molecule has 21 nitrogen and oxygen atoms in total. The Morgan fingerprint density at radius 3 is 1.33 bits per heavy atom. The Morgan fingerprint density at radius 2 is 0.856 bits per heavy atom. The van der Waals surface area contributed by atoms with E-state index in [-0.39, 0.29) is 74.7 Å². The van der Waals surface area contributed by atoms with E-state index in [4.69, 9.17) is 33.2 Å². The lowest BCUT2D eigenvalue weighted by Crippen LogP contribution is -2.54. The molecule has 0 fully saturated rings. The van der Waals surface area contributed by atoms with Crippen LogP contribution >= 0.6 is 33.3 Å². The van der Waals surface area contributed by atoms with Crippen LogP contribution < -0.4 is 30.7 Å². The van der Waals surface area contributed by atoms with Crippen LogP contribution in [-0.4, -0.2) is 174 Å². The summed E-state index contributed by atoms with van der Waals surface area (Å²) in [5.74, 6) is -6.08. The third kappa shape index (κ3) is 37.9. The fourth-order valence-corrected chi connectivity index (χ4v) is 17.0. The Balaban J connectivity index is 1.44. The molecule has 0 saturated carbocycles. The Morgan fingerprint density at radius 1 is 0.424 bits per heavy atom. The van der Waals surface area contributed by atoms with Gasteiger partial charge in [-0.2, -0.15) is 11.8 Å². The molecule has 6 aromatic rings. The predicted octanol–water partition coefficient (Wildman–Crippen LogP) is 17.1. The normalized spacial score (nSPS) is 14.7. The number of carbonyl (C=O) groups excluding carboxylic acids is 10. The Kier molecular flexibility index (Phi) is 44.0. The van der Waals surface area contributed by atoms with Crippen LogP contribution in [0.3, 0.4) is 0 Å². The third-order valence-electron chi connectivity index (χ3n) is 21.1. The minimum atomic E-state index is -1.54. The van der Waals surface area contributed by atoms with Gasteiger partial charge in [0, 0.05) is 68.0 Å². The van der Waals surface area contributed by atoms with Gasteiger partial charge in [-0.25, -0.2) is 0 Å². The number of Topliss-reactive ketones (excluding diaryl/α,β-unsaturated/α-hetero) is 6. The topological polar surface area (TPSA) is 283 Å². The van der Waals surface area contributed by atoms with Gasteiger partial charge in [0.25, 0.3) is 0 Å². The molecular weight excluding hydrogens is 1640 g/mol. The van der Waals surface area contributed by atoms with Crippen LogP contribution in [-0.2, 0) is 96.5 Å². The summed E-state index contributed by atoms with van der Waals surface area (Å²) in [6, 6.07) is 46.8. The maximum atomic E-state index is 16.5. The van der Waals surface area contributed by atoms with Crippen molar-refractivity contribution in [3.05, 3.63) is 203 Å². The number of amides is 4. The highest BCUT2D eigenvalue weighted by Gasteiger charge is 2.43. The van der Waals surface area contributed by atoms with Crippen LogP contribution in [0.25, 0.3) is 0 Å². The summed E-state index contributed by atoms with van der Waals surface area (Å²) in [6.07, 6.45) is 1.05. The number of ether oxygens (including phenoxy) is 7. The maximum Gasteiger partial charge on any atom is 0.246 e. The van der Waals surface area contributed by atoms with Gasteiger partial charge in [-0.3, -0.25) is 47.9 Å². The number of rotatable bonds is 57. The van der Waals surface area contributed by atoms with Crippen LogP contribution in [0.4, 0.5) is 0 Å². The van der Waals surface area contributed by atoms with Gasteiger partial charge in [0.2, 0.25) is 23.6 Å². The van der Waals surface area contributed by atoms with Crippen molar-refractivity contribution in [2.24, 2.45) is 35.5 Å². The van der Waals surface area contributed by atoms with E-state index in [1.807, 2.05) is 190 Å². The number of ketones is 6. The molecule has 4 N–H and O–H groups in total. The number of hydrogen-bond acceptors (Lipinski definition) is 20. The van der Waals surface area contributed by atoms with Crippen LogP contribution in [0.1, 0.15) is 209 Å². The monoisotopic (exact) mass is 1780 g/mol. The highest BCUT2D eigenvalue weighted by Crippen LogP contribution is 2.42. The molecule has 6 rings (SSSR count). The second-order valence-corrected chi connectivity index (χ2v) is 40.3. The molecule has 0 aliphatic carbocycles. The van der Waals surface area contributed by atoms with E-state index < -0.39 is 155 Å². The van der Waals surface area contributed by atoms with Gasteiger partial charge >= 0.3 is 0 Å². The van der Waals surface area contributed by atoms with Crippen LogP contribution in [0.2, 0.25) is 0 Å². The second kappa shape index (κ2) is 52.2. The highest BCUT2D eigenvalue weighted by atomic mass is 33.1. The molecule has 0 spiro atoms. The molecule has 0 aliphatic rings. The summed E-state index contributed by atoms with van der Waals surface area (Å²) in [4.78, 5) is 149. The van der Waals surface area contributed by atoms with Crippen molar-refractivity contribution in [1.82, 2.24) is 21.3 Å². The van der Waals surface area contributed by atoms with E-state index in [2.05, 4.69) is 28.2 Å². The molecule has 24 heteroatoms. The molecule has 4 amide bonds. The minimum absolute atomic E-state index is 0.00646. The number of hydrogen-bond donors (Lipinski definition) is 4. The van der Waals surface area contributed by atoms with Crippen molar-refractivity contribution in [2.45, 2.75) is 254 Å². The van der Waals surface area contributed by atoms with E-state index in [0.29, 0.717) is 77.4 Å². The van der Waals surface area contributed by atoms with Gasteiger partial charge < -0.3 is 54.4 Å². The van der Waals surface area contributed by atoms with Crippen LogP contribution in [0.15, 0.2) is 170 Å². The molecule has 0 aliphatic heterocycles. The summed E-state index contributed by atoms with van der Waals surface area (Å²) < 4.78 is 44.4. The summed E-state index contributed by atoms with van der Waals surface area (Å²) in [5, 5.41) is 12.1. The van der Waals surface area contributed by atoms with Crippen LogP contribution in [0.5, 0.6) is 11.5 Å². The first kappa shape index (κ1) is 105. The molecule has 0 radical (unpaired) electrons.